The lowest BCUT2D eigenvalue weighted by Crippen LogP contribution is -2.16. The van der Waals surface area contributed by atoms with Gasteiger partial charge < -0.3 is 0 Å². The quantitative estimate of drug-likeness (QED) is 0.551. The maximum atomic E-state index is 11.9. The van der Waals surface area contributed by atoms with E-state index in [-0.39, 0.29) is 11.3 Å². The minimum absolute atomic E-state index is 0.265. The fourth-order valence-corrected chi connectivity index (χ4v) is 2.21. The summed E-state index contributed by atoms with van der Waals surface area (Å²) in [5, 5.41) is 0. The van der Waals surface area contributed by atoms with Gasteiger partial charge in [0.25, 0.3) is 0 Å². The summed E-state index contributed by atoms with van der Waals surface area (Å²) in [6.45, 7) is 8.85. The predicted octanol–water partition coefficient (Wildman–Crippen LogP) is 4.52. The Labute approximate surface area is 100 Å². The summed E-state index contributed by atoms with van der Waals surface area (Å²) < 4.78 is 0. The Morgan fingerprint density at radius 3 is 2.69 bits per heavy atom. The standard InChI is InChI=1S/C15H26O/c1-12-6-5-7-13(2)14(16)9-11-15(3,4)10-8-12/h8,13H,5-7,9-11H2,1-4H3/b12-8+/t13-/m0/s1. The van der Waals surface area contributed by atoms with Crippen molar-refractivity contribution in [1.29, 1.82) is 0 Å². The first kappa shape index (κ1) is 13.5. The van der Waals surface area contributed by atoms with E-state index >= 15 is 0 Å². The molecule has 0 spiro atoms. The van der Waals surface area contributed by atoms with E-state index < -0.39 is 0 Å². The molecule has 0 saturated heterocycles. The van der Waals surface area contributed by atoms with Crippen LogP contribution in [0.5, 0.6) is 0 Å². The molecule has 1 rings (SSSR count). The van der Waals surface area contributed by atoms with Gasteiger partial charge in [0.15, 0.2) is 0 Å². The third kappa shape index (κ3) is 4.51. The molecular formula is C15H26O. The Kier molecular flexibility index (Phi) is 4.76. The van der Waals surface area contributed by atoms with Crippen LogP contribution < -0.4 is 0 Å². The van der Waals surface area contributed by atoms with Crippen molar-refractivity contribution >= 4 is 5.78 Å². The molecule has 0 bridgehead atoms. The van der Waals surface area contributed by atoms with E-state index in [2.05, 4.69) is 33.8 Å². The fraction of sp³-hybridized carbons (Fsp3) is 0.800. The Morgan fingerprint density at radius 2 is 2.00 bits per heavy atom. The lowest BCUT2D eigenvalue weighted by molar-refractivity contribution is -0.123. The van der Waals surface area contributed by atoms with Crippen LogP contribution in [-0.4, -0.2) is 5.78 Å². The zero-order chi connectivity index (χ0) is 12.2. The summed E-state index contributed by atoms with van der Waals surface area (Å²) in [5.41, 5.74) is 1.77. The molecule has 0 fully saturated rings. The monoisotopic (exact) mass is 222 g/mol. The number of hydrogen-bond acceptors (Lipinski definition) is 1. The molecule has 1 aliphatic carbocycles. The number of allylic oxidation sites excluding steroid dienone is 2. The molecule has 0 unspecified atom stereocenters. The van der Waals surface area contributed by atoms with Crippen molar-refractivity contribution in [3.63, 3.8) is 0 Å². The van der Waals surface area contributed by atoms with Crippen LogP contribution in [0.15, 0.2) is 11.6 Å². The number of carbonyl (C=O) groups excluding carboxylic acids is 1. The van der Waals surface area contributed by atoms with Crippen molar-refractivity contribution in [3.05, 3.63) is 11.6 Å². The van der Waals surface area contributed by atoms with E-state index in [4.69, 9.17) is 0 Å². The van der Waals surface area contributed by atoms with Crippen LogP contribution >= 0.6 is 0 Å². The first-order valence-corrected chi connectivity index (χ1v) is 6.59. The molecule has 0 amide bonds. The highest BCUT2D eigenvalue weighted by Gasteiger charge is 2.21. The summed E-state index contributed by atoms with van der Waals surface area (Å²) in [6.07, 6.45) is 8.66. The lowest BCUT2D eigenvalue weighted by atomic mass is 9.82. The third-order valence-corrected chi connectivity index (χ3v) is 3.81. The number of Topliss-reactive ketones (excluding diaryl/α,β-unsaturated/α-hetero) is 1. The minimum atomic E-state index is 0.265. The van der Waals surface area contributed by atoms with E-state index in [1.54, 1.807) is 0 Å². The molecule has 0 aromatic heterocycles. The largest absolute Gasteiger partial charge is 0.299 e. The second-order valence-corrected chi connectivity index (χ2v) is 6.18. The van der Waals surface area contributed by atoms with Crippen molar-refractivity contribution in [1.82, 2.24) is 0 Å². The van der Waals surface area contributed by atoms with Crippen molar-refractivity contribution in [2.75, 3.05) is 0 Å². The van der Waals surface area contributed by atoms with Crippen LogP contribution in [0.2, 0.25) is 0 Å². The van der Waals surface area contributed by atoms with Crippen LogP contribution in [0.25, 0.3) is 0 Å². The van der Waals surface area contributed by atoms with Gasteiger partial charge in [0.2, 0.25) is 0 Å². The van der Waals surface area contributed by atoms with Crippen molar-refractivity contribution in [2.45, 2.75) is 66.2 Å². The second kappa shape index (κ2) is 5.65. The molecule has 0 heterocycles. The lowest BCUT2D eigenvalue weighted by Gasteiger charge is -2.23. The van der Waals surface area contributed by atoms with E-state index in [0.29, 0.717) is 5.78 Å². The maximum Gasteiger partial charge on any atom is 0.135 e. The molecule has 16 heavy (non-hydrogen) atoms. The van der Waals surface area contributed by atoms with Gasteiger partial charge in [-0.05, 0) is 44.4 Å². The van der Waals surface area contributed by atoms with Gasteiger partial charge in [-0.25, -0.2) is 0 Å². The molecule has 1 aliphatic rings. The van der Waals surface area contributed by atoms with E-state index in [1.807, 2.05) is 0 Å². The van der Waals surface area contributed by atoms with Crippen LogP contribution in [0.1, 0.15) is 66.2 Å². The molecular weight excluding hydrogens is 196 g/mol. The SMILES string of the molecule is C/C1=C\CC(C)(C)CCC(=O)[C@@H](C)CCC1. The van der Waals surface area contributed by atoms with Gasteiger partial charge in [-0.1, -0.05) is 32.4 Å². The number of rotatable bonds is 0. The van der Waals surface area contributed by atoms with E-state index in [1.165, 1.54) is 5.57 Å². The Bertz CT molecular complexity index is 273. The molecule has 1 nitrogen and oxygen atoms in total. The highest BCUT2D eigenvalue weighted by atomic mass is 16.1. The number of carbonyl (C=O) groups is 1. The van der Waals surface area contributed by atoms with Gasteiger partial charge in [-0.3, -0.25) is 4.79 Å². The Balaban J connectivity index is 2.70. The molecule has 0 radical (unpaired) electrons. The summed E-state index contributed by atoms with van der Waals surface area (Å²) in [6, 6.07) is 0. The molecule has 1 heteroatoms. The van der Waals surface area contributed by atoms with Crippen LogP contribution in [-0.2, 0) is 4.79 Å². The van der Waals surface area contributed by atoms with Gasteiger partial charge >= 0.3 is 0 Å². The minimum Gasteiger partial charge on any atom is -0.299 e. The average Bonchev–Trinajstić information content (AvgIpc) is 2.23. The van der Waals surface area contributed by atoms with Crippen molar-refractivity contribution < 1.29 is 4.79 Å². The molecule has 92 valence electrons. The summed E-state index contributed by atoms with van der Waals surface area (Å²) in [4.78, 5) is 11.9. The van der Waals surface area contributed by atoms with Crippen LogP contribution in [0, 0.1) is 11.3 Å². The fourth-order valence-electron chi connectivity index (χ4n) is 2.21. The summed E-state index contributed by atoms with van der Waals surface area (Å²) >= 11 is 0. The van der Waals surface area contributed by atoms with Crippen LogP contribution in [0.3, 0.4) is 0 Å². The summed E-state index contributed by atoms with van der Waals surface area (Å²) in [7, 11) is 0. The van der Waals surface area contributed by atoms with Crippen LogP contribution in [0.4, 0.5) is 0 Å². The zero-order valence-corrected chi connectivity index (χ0v) is 11.3. The first-order valence-electron chi connectivity index (χ1n) is 6.59. The molecule has 0 aromatic carbocycles. The molecule has 0 aromatic rings. The topological polar surface area (TPSA) is 17.1 Å². The molecule has 1 atom stereocenters. The maximum absolute atomic E-state index is 11.9. The molecule has 0 saturated carbocycles. The average molecular weight is 222 g/mol. The second-order valence-electron chi connectivity index (χ2n) is 6.18. The van der Waals surface area contributed by atoms with Crippen molar-refractivity contribution in [2.24, 2.45) is 11.3 Å². The Morgan fingerprint density at radius 1 is 1.31 bits per heavy atom. The first-order chi connectivity index (χ1) is 7.41. The van der Waals surface area contributed by atoms with E-state index in [0.717, 1.165) is 38.5 Å². The van der Waals surface area contributed by atoms with Crippen molar-refractivity contribution in [3.8, 4) is 0 Å². The normalized spacial score (nSPS) is 31.4. The highest BCUT2D eigenvalue weighted by molar-refractivity contribution is 5.80. The van der Waals surface area contributed by atoms with E-state index in [9.17, 15) is 4.79 Å². The summed E-state index contributed by atoms with van der Waals surface area (Å²) in [5.74, 6) is 0.731. The van der Waals surface area contributed by atoms with Gasteiger partial charge in [0, 0.05) is 12.3 Å². The predicted molar refractivity (Wildman–Crippen MR) is 69.4 cm³/mol. The highest BCUT2D eigenvalue weighted by Crippen LogP contribution is 2.30. The van der Waals surface area contributed by atoms with Gasteiger partial charge in [0.1, 0.15) is 5.78 Å². The molecule has 0 N–H and O–H groups in total. The third-order valence-electron chi connectivity index (χ3n) is 3.81. The number of ketones is 1. The number of hydrogen-bond donors (Lipinski definition) is 0. The zero-order valence-electron chi connectivity index (χ0n) is 11.3. The van der Waals surface area contributed by atoms with Gasteiger partial charge in [-0.2, -0.15) is 0 Å². The smallest absolute Gasteiger partial charge is 0.135 e. The Hall–Kier alpha value is -0.590. The van der Waals surface area contributed by atoms with Gasteiger partial charge in [0.05, 0.1) is 0 Å². The van der Waals surface area contributed by atoms with Gasteiger partial charge in [-0.15, -0.1) is 0 Å². The molecule has 0 aliphatic heterocycles.